The van der Waals surface area contributed by atoms with Gasteiger partial charge in [0.25, 0.3) is 5.91 Å². The normalized spacial score (nSPS) is 14.3. The Bertz CT molecular complexity index is 808. The van der Waals surface area contributed by atoms with Gasteiger partial charge < -0.3 is 39.9 Å². The van der Waals surface area contributed by atoms with Crippen LogP contribution < -0.4 is 9.47 Å². The molecule has 0 aliphatic rings. The molecule has 0 radical (unpaired) electrons. The summed E-state index contributed by atoms with van der Waals surface area (Å²) in [4.78, 5) is 14.3. The van der Waals surface area contributed by atoms with Crippen molar-refractivity contribution in [2.75, 3.05) is 33.4 Å². The van der Waals surface area contributed by atoms with Crippen molar-refractivity contribution < 1.29 is 39.8 Å². The van der Waals surface area contributed by atoms with E-state index in [1.54, 1.807) is 18.2 Å². The number of aliphatic hydroxyl groups is 5. The molecule has 41 heavy (non-hydrogen) atoms. The first-order valence-corrected chi connectivity index (χ1v) is 15.7. The minimum atomic E-state index is -1.75. The number of hydrogen-bond donors (Lipinski definition) is 5. The van der Waals surface area contributed by atoms with Crippen LogP contribution in [0.5, 0.6) is 11.5 Å². The Morgan fingerprint density at radius 2 is 1.17 bits per heavy atom. The van der Waals surface area contributed by atoms with Crippen LogP contribution in [-0.2, 0) is 0 Å². The van der Waals surface area contributed by atoms with E-state index in [2.05, 4.69) is 13.8 Å². The number of aliphatic hydroxyl groups excluding tert-OH is 5. The fourth-order valence-corrected chi connectivity index (χ4v) is 4.61. The minimum Gasteiger partial charge on any atom is -0.490 e. The summed E-state index contributed by atoms with van der Waals surface area (Å²) < 4.78 is 12.1. The molecule has 1 aromatic carbocycles. The molecular formula is C32H57NO8. The Morgan fingerprint density at radius 3 is 1.68 bits per heavy atom. The molecule has 0 aromatic heterocycles. The number of benzene rings is 1. The van der Waals surface area contributed by atoms with Crippen LogP contribution in [0.3, 0.4) is 0 Å². The van der Waals surface area contributed by atoms with Crippen molar-refractivity contribution in [2.45, 2.75) is 128 Å². The maximum absolute atomic E-state index is 13.1. The monoisotopic (exact) mass is 583 g/mol. The van der Waals surface area contributed by atoms with Gasteiger partial charge in [-0.15, -0.1) is 0 Å². The van der Waals surface area contributed by atoms with E-state index in [-0.39, 0.29) is 6.54 Å². The second-order valence-corrected chi connectivity index (χ2v) is 11.1. The van der Waals surface area contributed by atoms with Gasteiger partial charge in [0.05, 0.1) is 19.8 Å². The van der Waals surface area contributed by atoms with Gasteiger partial charge in [-0.1, -0.05) is 90.9 Å². The van der Waals surface area contributed by atoms with Gasteiger partial charge in [0, 0.05) is 19.2 Å². The zero-order valence-electron chi connectivity index (χ0n) is 25.7. The zero-order chi connectivity index (χ0) is 30.5. The first kappa shape index (κ1) is 37.1. The lowest BCUT2D eigenvalue weighted by Gasteiger charge is -2.28. The zero-order valence-corrected chi connectivity index (χ0v) is 25.7. The molecule has 5 N–H and O–H groups in total. The van der Waals surface area contributed by atoms with Crippen LogP contribution in [0.4, 0.5) is 0 Å². The summed E-state index contributed by atoms with van der Waals surface area (Å²) in [6, 6.07) is 5.02. The number of unbranched alkanes of at least 4 members (excludes halogenated alkanes) is 12. The van der Waals surface area contributed by atoms with Gasteiger partial charge in [0.2, 0.25) is 0 Å². The third kappa shape index (κ3) is 15.2. The van der Waals surface area contributed by atoms with Gasteiger partial charge in [-0.2, -0.15) is 0 Å². The summed E-state index contributed by atoms with van der Waals surface area (Å²) in [5, 5.41) is 48.8. The molecule has 1 amide bonds. The molecule has 9 nitrogen and oxygen atoms in total. The van der Waals surface area contributed by atoms with Gasteiger partial charge in [-0.25, -0.2) is 0 Å². The Balaban J connectivity index is 2.77. The van der Waals surface area contributed by atoms with Crippen LogP contribution >= 0.6 is 0 Å². The molecule has 0 saturated carbocycles. The van der Waals surface area contributed by atoms with Crippen LogP contribution in [0.25, 0.3) is 0 Å². The third-order valence-corrected chi connectivity index (χ3v) is 7.33. The molecule has 0 aliphatic carbocycles. The number of likely N-dealkylation sites (N-methyl/N-ethyl adjacent to an activating group) is 1. The highest BCUT2D eigenvalue weighted by Crippen LogP contribution is 2.30. The summed E-state index contributed by atoms with van der Waals surface area (Å²) in [6.07, 6.45) is 9.82. The molecule has 0 spiro atoms. The van der Waals surface area contributed by atoms with Crippen molar-refractivity contribution in [2.24, 2.45) is 0 Å². The molecule has 0 unspecified atom stereocenters. The number of carbonyl (C=O) groups excluding carboxylic acids is 1. The van der Waals surface area contributed by atoms with E-state index in [4.69, 9.17) is 14.6 Å². The number of rotatable bonds is 25. The quantitative estimate of drug-likeness (QED) is 0.106. The summed E-state index contributed by atoms with van der Waals surface area (Å²) in [7, 11) is 1.47. The van der Waals surface area contributed by atoms with Crippen molar-refractivity contribution in [3.63, 3.8) is 0 Å². The molecule has 1 aromatic rings. The van der Waals surface area contributed by atoms with Crippen LogP contribution in [0, 0.1) is 0 Å². The lowest BCUT2D eigenvalue weighted by molar-refractivity contribution is -0.117. The molecular weight excluding hydrogens is 526 g/mol. The van der Waals surface area contributed by atoms with Crippen LogP contribution in [0.1, 0.15) is 114 Å². The number of carbonyl (C=O) groups is 1. The molecule has 0 bridgehead atoms. The van der Waals surface area contributed by atoms with E-state index in [0.29, 0.717) is 30.3 Å². The van der Waals surface area contributed by atoms with Gasteiger partial charge in [0.1, 0.15) is 24.4 Å². The molecule has 0 aliphatic heterocycles. The second kappa shape index (κ2) is 22.7. The van der Waals surface area contributed by atoms with Crippen LogP contribution in [-0.4, -0.2) is 94.2 Å². The number of ether oxygens (including phenoxy) is 2. The molecule has 0 fully saturated rings. The van der Waals surface area contributed by atoms with Gasteiger partial charge in [0.15, 0.2) is 11.5 Å². The largest absolute Gasteiger partial charge is 0.490 e. The van der Waals surface area contributed by atoms with E-state index < -0.39 is 36.9 Å². The van der Waals surface area contributed by atoms with E-state index in [9.17, 15) is 25.2 Å². The predicted molar refractivity (Wildman–Crippen MR) is 161 cm³/mol. The van der Waals surface area contributed by atoms with Crippen molar-refractivity contribution in [1.29, 1.82) is 0 Å². The summed E-state index contributed by atoms with van der Waals surface area (Å²) in [5.74, 6) is 0.683. The lowest BCUT2D eigenvalue weighted by Crippen LogP contribution is -2.49. The SMILES string of the molecule is CCCCCCCCCOc1ccc(C(=O)N(C)C[C@H](O)[C@@H](O)[C@H](O)[C@@H](O)CO)cc1OCCCCCCCCC. The van der Waals surface area contributed by atoms with Crippen molar-refractivity contribution in [3.8, 4) is 11.5 Å². The fraction of sp³-hybridized carbons (Fsp3) is 0.781. The minimum absolute atomic E-state index is 0.292. The molecule has 238 valence electrons. The Labute approximate surface area is 247 Å². The molecule has 0 heterocycles. The van der Waals surface area contributed by atoms with E-state index in [1.165, 1.54) is 76.2 Å². The maximum atomic E-state index is 13.1. The average molecular weight is 584 g/mol. The number of nitrogens with zero attached hydrogens (tertiary/aromatic N) is 1. The molecule has 9 heteroatoms. The summed E-state index contributed by atoms with van der Waals surface area (Å²) in [5.41, 5.74) is 0.336. The summed E-state index contributed by atoms with van der Waals surface area (Å²) >= 11 is 0. The third-order valence-electron chi connectivity index (χ3n) is 7.33. The fourth-order valence-electron chi connectivity index (χ4n) is 4.61. The van der Waals surface area contributed by atoms with Crippen LogP contribution in [0.15, 0.2) is 18.2 Å². The second-order valence-electron chi connectivity index (χ2n) is 11.1. The van der Waals surface area contributed by atoms with E-state index >= 15 is 0 Å². The molecule has 4 atom stereocenters. The Kier molecular flexibility index (Phi) is 20.5. The van der Waals surface area contributed by atoms with Crippen LogP contribution in [0.2, 0.25) is 0 Å². The highest BCUT2D eigenvalue weighted by molar-refractivity contribution is 5.94. The number of hydrogen-bond acceptors (Lipinski definition) is 8. The van der Waals surface area contributed by atoms with E-state index in [0.717, 1.165) is 25.7 Å². The van der Waals surface area contributed by atoms with Gasteiger partial charge in [-0.3, -0.25) is 4.79 Å². The highest BCUT2D eigenvalue weighted by Gasteiger charge is 2.31. The Morgan fingerprint density at radius 1 is 0.707 bits per heavy atom. The molecule has 1 rings (SSSR count). The van der Waals surface area contributed by atoms with Crippen molar-refractivity contribution >= 4 is 5.91 Å². The predicted octanol–water partition coefficient (Wildman–Crippen LogP) is 4.45. The first-order valence-electron chi connectivity index (χ1n) is 15.7. The van der Waals surface area contributed by atoms with E-state index in [1.807, 2.05) is 0 Å². The topological polar surface area (TPSA) is 140 Å². The van der Waals surface area contributed by atoms with Crippen molar-refractivity contribution in [3.05, 3.63) is 23.8 Å². The number of amides is 1. The summed E-state index contributed by atoms with van der Waals surface area (Å²) in [6.45, 7) is 4.45. The standard InChI is InChI=1S/C32H57NO8/c1-4-6-8-10-12-14-16-20-40-28-19-18-25(22-29(28)41-21-17-15-13-11-9-7-5-2)32(39)33(3)23-26(35)30(37)31(38)27(36)24-34/h18-19,22,26-27,30-31,34-38H,4-17,20-21,23-24H2,1-3H3/t26-,27-,30+,31+/m0/s1. The molecule has 0 saturated heterocycles. The average Bonchev–Trinajstić information content (AvgIpc) is 2.98. The Hall–Kier alpha value is -1.91. The highest BCUT2D eigenvalue weighted by atomic mass is 16.5. The maximum Gasteiger partial charge on any atom is 0.253 e. The van der Waals surface area contributed by atoms with Crippen molar-refractivity contribution in [1.82, 2.24) is 4.90 Å². The first-order chi connectivity index (χ1) is 19.8. The smallest absolute Gasteiger partial charge is 0.253 e. The van der Waals surface area contributed by atoms with Gasteiger partial charge >= 0.3 is 0 Å². The van der Waals surface area contributed by atoms with Gasteiger partial charge in [-0.05, 0) is 31.0 Å². The lowest BCUT2D eigenvalue weighted by atomic mass is 10.0.